The lowest BCUT2D eigenvalue weighted by atomic mass is 9.92. The van der Waals surface area contributed by atoms with Crippen LogP contribution in [0.2, 0.25) is 10.0 Å². The lowest BCUT2D eigenvalue weighted by Crippen LogP contribution is -2.55. The van der Waals surface area contributed by atoms with E-state index in [2.05, 4.69) is 15.5 Å². The summed E-state index contributed by atoms with van der Waals surface area (Å²) >= 11 is 13.3. The smallest absolute Gasteiger partial charge is 0.287 e. The number of hydrogen-bond acceptors (Lipinski definition) is 8. The van der Waals surface area contributed by atoms with E-state index in [0.717, 1.165) is 16.0 Å². The highest BCUT2D eigenvalue weighted by Gasteiger charge is 2.49. The van der Waals surface area contributed by atoms with Crippen molar-refractivity contribution < 1.29 is 19.2 Å². The van der Waals surface area contributed by atoms with Gasteiger partial charge in [-0.15, -0.1) is 11.3 Å². The molecule has 0 bridgehead atoms. The molecule has 1 aliphatic rings. The normalized spacial score (nSPS) is 17.5. The topological polar surface area (TPSA) is 133 Å². The molecule has 0 spiro atoms. The monoisotopic (exact) mass is 499 g/mol. The van der Waals surface area contributed by atoms with Crippen molar-refractivity contribution in [3.63, 3.8) is 0 Å². The maximum absolute atomic E-state index is 13.4. The number of anilines is 1. The molecule has 3 amide bonds. The highest BCUT2D eigenvalue weighted by atomic mass is 35.5. The second-order valence-corrected chi connectivity index (χ2v) is 8.63. The van der Waals surface area contributed by atoms with Crippen LogP contribution >= 0.6 is 34.5 Å². The first-order valence-electron chi connectivity index (χ1n) is 9.28. The second-order valence-electron chi connectivity index (χ2n) is 6.73. The van der Waals surface area contributed by atoms with Gasteiger partial charge in [-0.3, -0.25) is 19.2 Å². The molecular formula is C21H11Cl2N5O4S. The van der Waals surface area contributed by atoms with E-state index in [4.69, 9.17) is 28.5 Å². The van der Waals surface area contributed by atoms with Crippen LogP contribution in [0.15, 0.2) is 47.6 Å². The Labute approximate surface area is 200 Å². The van der Waals surface area contributed by atoms with Crippen LogP contribution in [0.1, 0.15) is 17.3 Å². The SMILES string of the molecule is N#CCC(=O)N/N=C1\C(=O)N(c2cc(Cl)ccc2Cl)C(=O)C(=O)C1c1nc2ccccc2s1. The Morgan fingerprint density at radius 3 is 2.67 bits per heavy atom. The van der Waals surface area contributed by atoms with Crippen molar-refractivity contribution in [2.75, 3.05) is 4.90 Å². The minimum absolute atomic E-state index is 0.000188. The zero-order valence-corrected chi connectivity index (χ0v) is 18.7. The van der Waals surface area contributed by atoms with Gasteiger partial charge in [0.05, 0.1) is 27.0 Å². The number of hydrogen-bond donors (Lipinski definition) is 1. The third-order valence-corrected chi connectivity index (χ3v) is 6.27. The first kappa shape index (κ1) is 22.5. The quantitative estimate of drug-likeness (QED) is 0.332. The zero-order valence-electron chi connectivity index (χ0n) is 16.4. The number of nitriles is 1. The van der Waals surface area contributed by atoms with Gasteiger partial charge < -0.3 is 0 Å². The summed E-state index contributed by atoms with van der Waals surface area (Å²) in [6, 6.07) is 12.8. The molecule has 4 rings (SSSR count). The number of carbonyl (C=O) groups excluding carboxylic acids is 4. The van der Waals surface area contributed by atoms with E-state index in [0.29, 0.717) is 10.4 Å². The van der Waals surface area contributed by atoms with Crippen LogP contribution in [0.25, 0.3) is 10.2 Å². The van der Waals surface area contributed by atoms with Gasteiger partial charge in [-0.2, -0.15) is 10.4 Å². The average molecular weight is 500 g/mol. The Bertz CT molecular complexity index is 1380. The van der Waals surface area contributed by atoms with Crippen LogP contribution in [0.4, 0.5) is 5.69 Å². The molecule has 9 nitrogen and oxygen atoms in total. The van der Waals surface area contributed by atoms with Crippen molar-refractivity contribution >= 4 is 79.7 Å². The molecule has 2 heterocycles. The van der Waals surface area contributed by atoms with E-state index in [1.54, 1.807) is 30.3 Å². The van der Waals surface area contributed by atoms with E-state index in [1.807, 2.05) is 0 Å². The van der Waals surface area contributed by atoms with Gasteiger partial charge in [0.1, 0.15) is 23.1 Å². The van der Waals surface area contributed by atoms with Crippen LogP contribution < -0.4 is 10.3 Å². The molecule has 3 aromatic rings. The van der Waals surface area contributed by atoms with Gasteiger partial charge in [-0.05, 0) is 30.3 Å². The van der Waals surface area contributed by atoms with Gasteiger partial charge in [0.2, 0.25) is 5.78 Å². The number of para-hydroxylation sites is 1. The number of piperidine rings is 1. The maximum Gasteiger partial charge on any atom is 0.302 e. The molecule has 1 N–H and O–H groups in total. The predicted molar refractivity (Wildman–Crippen MR) is 122 cm³/mol. The highest BCUT2D eigenvalue weighted by molar-refractivity contribution is 7.19. The van der Waals surface area contributed by atoms with Crippen molar-refractivity contribution in [2.45, 2.75) is 12.3 Å². The van der Waals surface area contributed by atoms with E-state index in [9.17, 15) is 19.2 Å². The molecular weight excluding hydrogens is 489 g/mol. The summed E-state index contributed by atoms with van der Waals surface area (Å²) in [7, 11) is 0. The summed E-state index contributed by atoms with van der Waals surface area (Å²) in [6.45, 7) is 0. The number of rotatable bonds is 4. The summed E-state index contributed by atoms with van der Waals surface area (Å²) in [5.41, 5.74) is 2.10. The number of imide groups is 1. The third kappa shape index (κ3) is 4.21. The standard InChI is InChI=1S/C21H11Cl2N5O4S/c22-10-5-6-11(23)13(9-10)28-20(31)17(27-26-15(29)7-8-24)16(18(30)21(28)32)19-25-12-3-1-2-4-14(12)33-19/h1-6,9,16H,7H2,(H,26,29)/b27-17-. The van der Waals surface area contributed by atoms with Gasteiger partial charge in [0.25, 0.3) is 11.8 Å². The van der Waals surface area contributed by atoms with Gasteiger partial charge in [0, 0.05) is 5.02 Å². The van der Waals surface area contributed by atoms with Gasteiger partial charge in [-0.1, -0.05) is 35.3 Å². The van der Waals surface area contributed by atoms with Crippen LogP contribution in [-0.2, 0) is 19.2 Å². The molecule has 1 aromatic heterocycles. The van der Waals surface area contributed by atoms with E-state index in [-0.39, 0.29) is 20.7 Å². The lowest BCUT2D eigenvalue weighted by Gasteiger charge is -2.29. The number of nitrogens with zero attached hydrogens (tertiary/aromatic N) is 4. The number of carbonyl (C=O) groups is 4. The van der Waals surface area contributed by atoms with Crippen molar-refractivity contribution in [2.24, 2.45) is 5.10 Å². The van der Waals surface area contributed by atoms with Crippen LogP contribution in [0.5, 0.6) is 0 Å². The molecule has 12 heteroatoms. The number of amides is 3. The number of nitrogens with one attached hydrogen (secondary N) is 1. The molecule has 1 fully saturated rings. The number of fused-ring (bicyclic) bond motifs is 1. The van der Waals surface area contributed by atoms with Gasteiger partial charge in [0.15, 0.2) is 0 Å². The first-order valence-corrected chi connectivity index (χ1v) is 10.9. The largest absolute Gasteiger partial charge is 0.302 e. The molecule has 0 aliphatic carbocycles. The van der Waals surface area contributed by atoms with Gasteiger partial charge in [-0.25, -0.2) is 15.3 Å². The van der Waals surface area contributed by atoms with Crippen molar-refractivity contribution in [3.05, 3.63) is 57.5 Å². The fourth-order valence-corrected chi connectivity index (χ4v) is 4.59. The highest BCUT2D eigenvalue weighted by Crippen LogP contribution is 2.36. The number of halogens is 2. The predicted octanol–water partition coefficient (Wildman–Crippen LogP) is 3.22. The molecule has 1 saturated heterocycles. The van der Waals surface area contributed by atoms with Crippen molar-refractivity contribution in [3.8, 4) is 6.07 Å². The molecule has 0 saturated carbocycles. The Balaban J connectivity index is 1.85. The minimum Gasteiger partial charge on any atom is -0.287 e. The lowest BCUT2D eigenvalue weighted by molar-refractivity contribution is -0.139. The molecule has 33 heavy (non-hydrogen) atoms. The number of thiazole rings is 1. The Kier molecular flexibility index (Phi) is 6.20. The number of ketones is 1. The first-order chi connectivity index (χ1) is 15.8. The van der Waals surface area contributed by atoms with Crippen molar-refractivity contribution in [1.29, 1.82) is 5.26 Å². The number of Topliss-reactive ketones (excluding diaryl/α,β-unsaturated/α-hetero) is 1. The summed E-state index contributed by atoms with van der Waals surface area (Å²) in [5.74, 6) is -5.35. The number of hydrazone groups is 1. The summed E-state index contributed by atoms with van der Waals surface area (Å²) in [4.78, 5) is 56.4. The van der Waals surface area contributed by atoms with E-state index >= 15 is 0 Å². The minimum atomic E-state index is -1.45. The fourth-order valence-electron chi connectivity index (χ4n) is 3.15. The number of aromatic nitrogens is 1. The molecule has 164 valence electrons. The molecule has 2 aromatic carbocycles. The van der Waals surface area contributed by atoms with Crippen LogP contribution in [0, 0.1) is 11.3 Å². The molecule has 1 atom stereocenters. The fraction of sp³-hybridized carbons (Fsp3) is 0.0952. The Morgan fingerprint density at radius 2 is 1.94 bits per heavy atom. The summed E-state index contributed by atoms with van der Waals surface area (Å²) in [5, 5.41) is 12.8. The van der Waals surface area contributed by atoms with Gasteiger partial charge >= 0.3 is 5.91 Å². The third-order valence-electron chi connectivity index (χ3n) is 4.62. The summed E-state index contributed by atoms with van der Waals surface area (Å²) in [6.07, 6.45) is -0.520. The Morgan fingerprint density at radius 1 is 1.18 bits per heavy atom. The molecule has 1 unspecified atom stereocenters. The number of benzene rings is 2. The van der Waals surface area contributed by atoms with E-state index < -0.39 is 41.6 Å². The molecule has 1 aliphatic heterocycles. The Hall–Kier alpha value is -3.65. The van der Waals surface area contributed by atoms with Crippen LogP contribution in [0.3, 0.4) is 0 Å². The summed E-state index contributed by atoms with van der Waals surface area (Å²) < 4.78 is 0.730. The van der Waals surface area contributed by atoms with E-state index in [1.165, 1.54) is 18.2 Å². The second kappa shape index (κ2) is 9.07. The zero-order chi connectivity index (χ0) is 23.7. The van der Waals surface area contributed by atoms with Crippen molar-refractivity contribution in [1.82, 2.24) is 10.4 Å². The maximum atomic E-state index is 13.4. The average Bonchev–Trinajstić information content (AvgIpc) is 3.21. The van der Waals surface area contributed by atoms with Crippen LogP contribution in [-0.4, -0.2) is 34.2 Å². The molecule has 0 radical (unpaired) electrons.